The normalized spacial score (nSPS) is 13.1. The summed E-state index contributed by atoms with van der Waals surface area (Å²) in [5.41, 5.74) is 1.48. The van der Waals surface area contributed by atoms with E-state index in [1.165, 1.54) is 7.11 Å². The monoisotopic (exact) mass is 298 g/mol. The Morgan fingerprint density at radius 1 is 0.955 bits per heavy atom. The lowest BCUT2D eigenvalue weighted by Gasteiger charge is -2.24. The number of carboxylic acids is 1. The molecule has 22 heavy (non-hydrogen) atoms. The molecule has 2 aromatic rings. The number of benzene rings is 2. The Balaban J connectivity index is 2.45. The number of carbonyl (C=O) groups excluding carboxylic acids is 1. The number of hydrogen-bond donors (Lipinski definition) is 1. The Bertz CT molecular complexity index is 622. The van der Waals surface area contributed by atoms with E-state index in [-0.39, 0.29) is 6.42 Å². The van der Waals surface area contributed by atoms with Crippen molar-refractivity contribution in [3.05, 3.63) is 71.8 Å². The molecule has 0 aliphatic rings. The van der Waals surface area contributed by atoms with Crippen molar-refractivity contribution in [2.45, 2.75) is 18.3 Å². The van der Waals surface area contributed by atoms with Gasteiger partial charge in [-0.2, -0.15) is 0 Å². The van der Waals surface area contributed by atoms with Gasteiger partial charge in [0.05, 0.1) is 19.4 Å². The van der Waals surface area contributed by atoms with Gasteiger partial charge in [-0.25, -0.2) is 0 Å². The summed E-state index contributed by atoms with van der Waals surface area (Å²) in [5, 5.41) is 9.69. The van der Waals surface area contributed by atoms with Crippen molar-refractivity contribution in [1.29, 1.82) is 0 Å². The van der Waals surface area contributed by atoms with Crippen LogP contribution in [0, 0.1) is 0 Å². The highest BCUT2D eigenvalue weighted by atomic mass is 16.5. The number of carbonyl (C=O) groups is 2. The van der Waals surface area contributed by atoms with E-state index in [1.54, 1.807) is 24.3 Å². The molecule has 0 aliphatic carbocycles. The van der Waals surface area contributed by atoms with Gasteiger partial charge in [-0.1, -0.05) is 60.7 Å². The van der Waals surface area contributed by atoms with E-state index in [1.807, 2.05) is 36.4 Å². The fourth-order valence-electron chi connectivity index (χ4n) is 2.60. The summed E-state index contributed by atoms with van der Waals surface area (Å²) < 4.78 is 4.74. The molecule has 2 atom stereocenters. The van der Waals surface area contributed by atoms with Crippen LogP contribution in [0.5, 0.6) is 0 Å². The van der Waals surface area contributed by atoms with Crippen LogP contribution in [-0.4, -0.2) is 24.2 Å². The van der Waals surface area contributed by atoms with Crippen LogP contribution in [-0.2, 0) is 14.3 Å². The number of esters is 1. The second-order valence-electron chi connectivity index (χ2n) is 5.02. The molecule has 2 aromatic carbocycles. The Morgan fingerprint density at radius 3 is 1.91 bits per heavy atom. The molecular weight excluding hydrogens is 280 g/mol. The van der Waals surface area contributed by atoms with Crippen molar-refractivity contribution in [3.63, 3.8) is 0 Å². The molecule has 114 valence electrons. The van der Waals surface area contributed by atoms with Crippen molar-refractivity contribution >= 4 is 11.9 Å². The van der Waals surface area contributed by atoms with Crippen LogP contribution < -0.4 is 0 Å². The van der Waals surface area contributed by atoms with Crippen molar-refractivity contribution in [2.24, 2.45) is 0 Å². The first-order chi connectivity index (χ1) is 10.6. The first-order valence-corrected chi connectivity index (χ1v) is 7.03. The summed E-state index contributed by atoms with van der Waals surface area (Å²) in [6.45, 7) is 0. The van der Waals surface area contributed by atoms with Crippen LogP contribution >= 0.6 is 0 Å². The van der Waals surface area contributed by atoms with Gasteiger partial charge in [-0.15, -0.1) is 0 Å². The average molecular weight is 298 g/mol. The van der Waals surface area contributed by atoms with Gasteiger partial charge in [0.15, 0.2) is 0 Å². The van der Waals surface area contributed by atoms with E-state index in [2.05, 4.69) is 0 Å². The second kappa shape index (κ2) is 7.41. The third kappa shape index (κ3) is 3.73. The molecular formula is C18H18O4. The minimum atomic E-state index is -0.955. The lowest BCUT2D eigenvalue weighted by Crippen LogP contribution is -2.23. The van der Waals surface area contributed by atoms with Crippen LogP contribution in [0.15, 0.2) is 60.7 Å². The Kier molecular flexibility index (Phi) is 5.31. The largest absolute Gasteiger partial charge is 0.481 e. The summed E-state index contributed by atoms with van der Waals surface area (Å²) >= 11 is 0. The van der Waals surface area contributed by atoms with E-state index in [4.69, 9.17) is 4.74 Å². The van der Waals surface area contributed by atoms with Gasteiger partial charge in [0.2, 0.25) is 0 Å². The molecule has 0 heterocycles. The van der Waals surface area contributed by atoms with Gasteiger partial charge in [0, 0.05) is 5.92 Å². The smallest absolute Gasteiger partial charge is 0.311 e. The Labute approximate surface area is 129 Å². The minimum absolute atomic E-state index is 0.0202. The molecule has 0 aromatic heterocycles. The molecule has 0 fully saturated rings. The third-order valence-corrected chi connectivity index (χ3v) is 3.67. The predicted octanol–water partition coefficient (Wildman–Crippen LogP) is 3.20. The zero-order chi connectivity index (χ0) is 15.9. The molecule has 0 saturated heterocycles. The molecule has 0 unspecified atom stereocenters. The molecule has 2 rings (SSSR count). The quantitative estimate of drug-likeness (QED) is 0.832. The number of hydrogen-bond acceptors (Lipinski definition) is 3. The van der Waals surface area contributed by atoms with Crippen molar-refractivity contribution < 1.29 is 19.4 Å². The summed E-state index contributed by atoms with van der Waals surface area (Å²) in [6, 6.07) is 18.2. The van der Waals surface area contributed by atoms with E-state index >= 15 is 0 Å². The summed E-state index contributed by atoms with van der Waals surface area (Å²) in [5.74, 6) is -2.66. The van der Waals surface area contributed by atoms with Gasteiger partial charge in [0.1, 0.15) is 0 Å². The highest BCUT2D eigenvalue weighted by Gasteiger charge is 2.32. The maximum Gasteiger partial charge on any atom is 0.311 e. The summed E-state index contributed by atoms with van der Waals surface area (Å²) in [6.07, 6.45) is 0.0202. The number of aliphatic carboxylic acids is 1. The zero-order valence-corrected chi connectivity index (χ0v) is 12.3. The Morgan fingerprint density at radius 2 is 1.45 bits per heavy atom. The van der Waals surface area contributed by atoms with Crippen LogP contribution in [0.2, 0.25) is 0 Å². The van der Waals surface area contributed by atoms with E-state index in [0.29, 0.717) is 5.56 Å². The second-order valence-corrected chi connectivity index (χ2v) is 5.02. The van der Waals surface area contributed by atoms with Crippen LogP contribution in [0.25, 0.3) is 0 Å². The van der Waals surface area contributed by atoms with Crippen LogP contribution in [0.1, 0.15) is 29.4 Å². The topological polar surface area (TPSA) is 63.6 Å². The van der Waals surface area contributed by atoms with E-state index < -0.39 is 23.8 Å². The lowest BCUT2D eigenvalue weighted by atomic mass is 9.79. The van der Waals surface area contributed by atoms with Gasteiger partial charge in [0.25, 0.3) is 0 Å². The van der Waals surface area contributed by atoms with Crippen molar-refractivity contribution in [2.75, 3.05) is 7.11 Å². The zero-order valence-electron chi connectivity index (χ0n) is 12.3. The van der Waals surface area contributed by atoms with Crippen molar-refractivity contribution in [3.8, 4) is 0 Å². The van der Waals surface area contributed by atoms with Gasteiger partial charge in [-0.05, 0) is 11.1 Å². The predicted molar refractivity (Wildman–Crippen MR) is 82.6 cm³/mol. The summed E-state index contributed by atoms with van der Waals surface area (Å²) in [4.78, 5) is 23.6. The van der Waals surface area contributed by atoms with Crippen molar-refractivity contribution in [1.82, 2.24) is 0 Å². The molecule has 0 amide bonds. The lowest BCUT2D eigenvalue weighted by molar-refractivity contribution is -0.142. The molecule has 0 saturated carbocycles. The molecule has 0 radical (unpaired) electrons. The third-order valence-electron chi connectivity index (χ3n) is 3.67. The fourth-order valence-corrected chi connectivity index (χ4v) is 2.60. The average Bonchev–Trinajstić information content (AvgIpc) is 2.55. The van der Waals surface area contributed by atoms with Gasteiger partial charge >= 0.3 is 11.9 Å². The first-order valence-electron chi connectivity index (χ1n) is 7.03. The Hall–Kier alpha value is -2.62. The van der Waals surface area contributed by atoms with E-state index in [9.17, 15) is 14.7 Å². The maximum absolute atomic E-state index is 11.8. The molecule has 0 aliphatic heterocycles. The summed E-state index contributed by atoms with van der Waals surface area (Å²) in [7, 11) is 1.31. The standard InChI is InChI=1S/C18H18O4/c1-22-16(19)12-15(13-8-4-2-5-9-13)17(18(20)21)14-10-6-3-7-11-14/h2-11,15,17H,12H2,1H3,(H,20,21)/t15-,17+/m0/s1. The number of ether oxygens (including phenoxy) is 1. The first kappa shape index (κ1) is 15.8. The highest BCUT2D eigenvalue weighted by Crippen LogP contribution is 2.36. The fraction of sp³-hybridized carbons (Fsp3) is 0.222. The van der Waals surface area contributed by atoms with Crippen LogP contribution in [0.4, 0.5) is 0 Å². The van der Waals surface area contributed by atoms with Gasteiger partial charge in [-0.3, -0.25) is 9.59 Å². The molecule has 4 nitrogen and oxygen atoms in total. The number of carboxylic acid groups (broad SMARTS) is 1. The van der Waals surface area contributed by atoms with Crippen LogP contribution in [0.3, 0.4) is 0 Å². The maximum atomic E-state index is 11.8. The molecule has 1 N–H and O–H groups in total. The van der Waals surface area contributed by atoms with Gasteiger partial charge < -0.3 is 9.84 Å². The SMILES string of the molecule is COC(=O)C[C@@H](c1ccccc1)[C@H](C(=O)O)c1ccccc1. The molecule has 0 spiro atoms. The number of methoxy groups -OCH3 is 1. The number of rotatable bonds is 6. The minimum Gasteiger partial charge on any atom is -0.481 e. The molecule has 4 heteroatoms. The highest BCUT2D eigenvalue weighted by molar-refractivity contribution is 5.80. The van der Waals surface area contributed by atoms with E-state index in [0.717, 1.165) is 5.56 Å². The molecule has 0 bridgehead atoms.